The van der Waals surface area contributed by atoms with Gasteiger partial charge in [-0.3, -0.25) is 14.6 Å². The Kier molecular flexibility index (Phi) is 4.56. The van der Waals surface area contributed by atoms with E-state index in [4.69, 9.17) is 9.47 Å². The number of piperidine rings is 1. The first-order valence-electron chi connectivity index (χ1n) is 10.1. The summed E-state index contributed by atoms with van der Waals surface area (Å²) in [5.74, 6) is -0.773. The van der Waals surface area contributed by atoms with E-state index in [0.717, 1.165) is 17.7 Å². The van der Waals surface area contributed by atoms with Crippen molar-refractivity contribution in [1.29, 1.82) is 0 Å². The second-order valence-electron chi connectivity index (χ2n) is 7.67. The molecule has 4 heterocycles. The first-order valence-corrected chi connectivity index (χ1v) is 10.1. The van der Waals surface area contributed by atoms with Gasteiger partial charge in [-0.15, -0.1) is 0 Å². The first-order chi connectivity index (χ1) is 14.2. The van der Waals surface area contributed by atoms with Crippen LogP contribution in [0.4, 0.5) is 5.69 Å². The van der Waals surface area contributed by atoms with Crippen LogP contribution in [0.3, 0.4) is 0 Å². The number of anilines is 1. The zero-order valence-electron chi connectivity index (χ0n) is 16.2. The van der Waals surface area contributed by atoms with E-state index in [9.17, 15) is 9.59 Å². The Labute approximate surface area is 169 Å². The van der Waals surface area contributed by atoms with Crippen LogP contribution in [0.1, 0.15) is 39.3 Å². The first kappa shape index (κ1) is 18.3. The van der Waals surface area contributed by atoms with Gasteiger partial charge < -0.3 is 19.3 Å². The summed E-state index contributed by atoms with van der Waals surface area (Å²) in [7, 11) is 0. The molecule has 0 unspecified atom stereocenters. The Bertz CT molecular complexity index is 945. The number of ether oxygens (including phenoxy) is 2. The van der Waals surface area contributed by atoms with E-state index in [1.165, 1.54) is 6.20 Å². The molecule has 7 nitrogen and oxygen atoms in total. The van der Waals surface area contributed by atoms with Crippen molar-refractivity contribution >= 4 is 17.5 Å². The van der Waals surface area contributed by atoms with Crippen LogP contribution in [-0.4, -0.2) is 60.3 Å². The molecule has 1 aromatic heterocycles. The number of hydrogen-bond donors (Lipinski definition) is 0. The maximum Gasteiger partial charge on any atom is 0.276 e. The third kappa shape index (κ3) is 3.30. The van der Waals surface area contributed by atoms with Crippen molar-refractivity contribution in [2.24, 2.45) is 0 Å². The second-order valence-corrected chi connectivity index (χ2v) is 7.67. The molecule has 0 N–H and O–H groups in total. The summed E-state index contributed by atoms with van der Waals surface area (Å²) < 4.78 is 11.5. The fraction of sp³-hybridized carbons (Fsp3) is 0.409. The number of benzene rings is 1. The van der Waals surface area contributed by atoms with Crippen LogP contribution in [0.25, 0.3) is 0 Å². The summed E-state index contributed by atoms with van der Waals surface area (Å²) in [4.78, 5) is 33.8. The van der Waals surface area contributed by atoms with Crippen LogP contribution in [-0.2, 0) is 15.9 Å². The number of rotatable bonds is 2. The van der Waals surface area contributed by atoms with Gasteiger partial charge in [0.15, 0.2) is 5.79 Å². The van der Waals surface area contributed by atoms with Crippen molar-refractivity contribution in [1.82, 2.24) is 9.88 Å². The lowest BCUT2D eigenvalue weighted by molar-refractivity contribution is -0.181. The second kappa shape index (κ2) is 7.24. The molecule has 29 heavy (non-hydrogen) atoms. The molecular weight excluding hydrogens is 370 g/mol. The Hall–Kier alpha value is -2.77. The topological polar surface area (TPSA) is 72.0 Å². The highest BCUT2D eigenvalue weighted by Gasteiger charge is 2.41. The Morgan fingerprint density at radius 2 is 1.72 bits per heavy atom. The molecule has 2 amide bonds. The zero-order valence-corrected chi connectivity index (χ0v) is 16.2. The van der Waals surface area contributed by atoms with Crippen molar-refractivity contribution < 1.29 is 19.1 Å². The van der Waals surface area contributed by atoms with Gasteiger partial charge in [0, 0.05) is 49.9 Å². The van der Waals surface area contributed by atoms with Gasteiger partial charge in [-0.05, 0) is 30.2 Å². The standard InChI is InChI=1S/C22H23N3O4/c26-20(24-11-7-22(8-12-24)28-13-14-29-22)17-5-9-23-18(15-17)21(27)25-10-6-16-3-1-2-4-19(16)25/h1-5,9,15H,6-8,10-14H2. The van der Waals surface area contributed by atoms with Crippen LogP contribution in [0.15, 0.2) is 42.6 Å². The minimum atomic E-state index is -0.515. The van der Waals surface area contributed by atoms with Gasteiger partial charge in [-0.2, -0.15) is 0 Å². The molecule has 3 aliphatic heterocycles. The minimum absolute atomic E-state index is 0.0869. The summed E-state index contributed by atoms with van der Waals surface area (Å²) in [5.41, 5.74) is 2.86. The van der Waals surface area contributed by atoms with E-state index < -0.39 is 5.79 Å². The van der Waals surface area contributed by atoms with Gasteiger partial charge in [0.2, 0.25) is 0 Å². The number of amides is 2. The van der Waals surface area contributed by atoms with E-state index >= 15 is 0 Å². The molecule has 1 aromatic carbocycles. The number of fused-ring (bicyclic) bond motifs is 1. The largest absolute Gasteiger partial charge is 0.347 e. The SMILES string of the molecule is O=C(c1ccnc(C(=O)N2CCc3ccccc32)c1)N1CCC2(CC1)OCCO2. The van der Waals surface area contributed by atoms with Crippen LogP contribution in [0, 0.1) is 0 Å². The number of likely N-dealkylation sites (tertiary alicyclic amines) is 1. The fourth-order valence-corrected chi connectivity index (χ4v) is 4.39. The van der Waals surface area contributed by atoms with Crippen LogP contribution in [0.5, 0.6) is 0 Å². The van der Waals surface area contributed by atoms with Crippen LogP contribution in [0.2, 0.25) is 0 Å². The van der Waals surface area contributed by atoms with E-state index in [2.05, 4.69) is 4.98 Å². The molecule has 150 valence electrons. The monoisotopic (exact) mass is 393 g/mol. The minimum Gasteiger partial charge on any atom is -0.347 e. The molecule has 0 atom stereocenters. The average molecular weight is 393 g/mol. The molecular formula is C22H23N3O4. The Morgan fingerprint density at radius 3 is 2.52 bits per heavy atom. The molecule has 0 saturated carbocycles. The van der Waals surface area contributed by atoms with Gasteiger partial charge in [-0.1, -0.05) is 18.2 Å². The summed E-state index contributed by atoms with van der Waals surface area (Å²) in [6.45, 7) is 3.01. The fourth-order valence-electron chi connectivity index (χ4n) is 4.39. The lowest BCUT2D eigenvalue weighted by Crippen LogP contribution is -2.47. The highest BCUT2D eigenvalue weighted by Crippen LogP contribution is 2.32. The lowest BCUT2D eigenvalue weighted by Gasteiger charge is -2.37. The maximum atomic E-state index is 13.0. The Morgan fingerprint density at radius 1 is 0.966 bits per heavy atom. The van der Waals surface area contributed by atoms with E-state index in [1.54, 1.807) is 21.9 Å². The smallest absolute Gasteiger partial charge is 0.276 e. The molecule has 2 fully saturated rings. The molecule has 3 aliphatic rings. The number of hydrogen-bond acceptors (Lipinski definition) is 5. The number of aromatic nitrogens is 1. The number of nitrogens with zero attached hydrogens (tertiary/aromatic N) is 3. The molecule has 0 radical (unpaired) electrons. The predicted molar refractivity (Wildman–Crippen MR) is 106 cm³/mol. The highest BCUT2D eigenvalue weighted by molar-refractivity contribution is 6.07. The predicted octanol–water partition coefficient (Wildman–Crippen LogP) is 2.26. The van der Waals surface area contributed by atoms with E-state index in [-0.39, 0.29) is 11.8 Å². The molecule has 5 rings (SSSR count). The van der Waals surface area contributed by atoms with Crippen molar-refractivity contribution in [3.05, 3.63) is 59.4 Å². The molecule has 7 heteroatoms. The lowest BCUT2D eigenvalue weighted by atomic mass is 10.0. The van der Waals surface area contributed by atoms with Crippen molar-refractivity contribution in [3.8, 4) is 0 Å². The van der Waals surface area contributed by atoms with Gasteiger partial charge in [0.05, 0.1) is 13.2 Å². The third-order valence-electron chi connectivity index (χ3n) is 5.98. The average Bonchev–Trinajstić information content (AvgIpc) is 3.41. The summed E-state index contributed by atoms with van der Waals surface area (Å²) in [6.07, 6.45) is 3.71. The van der Waals surface area contributed by atoms with Crippen LogP contribution >= 0.6 is 0 Å². The molecule has 2 aromatic rings. The number of para-hydroxylation sites is 1. The van der Waals surface area contributed by atoms with Gasteiger partial charge >= 0.3 is 0 Å². The zero-order chi connectivity index (χ0) is 19.8. The van der Waals surface area contributed by atoms with Crippen LogP contribution < -0.4 is 4.90 Å². The van der Waals surface area contributed by atoms with E-state index in [0.29, 0.717) is 56.9 Å². The van der Waals surface area contributed by atoms with Crippen molar-refractivity contribution in [2.75, 3.05) is 37.7 Å². The molecule has 0 bridgehead atoms. The number of pyridine rings is 1. The van der Waals surface area contributed by atoms with Gasteiger partial charge in [0.1, 0.15) is 5.69 Å². The molecule has 2 saturated heterocycles. The number of carbonyl (C=O) groups excluding carboxylic acids is 2. The third-order valence-corrected chi connectivity index (χ3v) is 5.98. The maximum absolute atomic E-state index is 13.0. The molecule has 1 spiro atoms. The normalized spacial score (nSPS) is 20.1. The summed E-state index contributed by atoms with van der Waals surface area (Å²) in [5, 5.41) is 0. The van der Waals surface area contributed by atoms with E-state index in [1.807, 2.05) is 24.3 Å². The summed E-state index contributed by atoms with van der Waals surface area (Å²) >= 11 is 0. The Balaban J connectivity index is 1.31. The van der Waals surface area contributed by atoms with Crippen molar-refractivity contribution in [3.63, 3.8) is 0 Å². The molecule has 0 aliphatic carbocycles. The quantitative estimate of drug-likeness (QED) is 0.783. The van der Waals surface area contributed by atoms with Gasteiger partial charge in [0.25, 0.3) is 11.8 Å². The van der Waals surface area contributed by atoms with Crippen molar-refractivity contribution in [2.45, 2.75) is 25.0 Å². The number of carbonyl (C=O) groups is 2. The highest BCUT2D eigenvalue weighted by atomic mass is 16.7. The summed E-state index contributed by atoms with van der Waals surface area (Å²) in [6, 6.07) is 11.2. The van der Waals surface area contributed by atoms with Gasteiger partial charge in [-0.25, -0.2) is 0 Å².